The smallest absolute Gasteiger partial charge is 0.0644 e. The summed E-state index contributed by atoms with van der Waals surface area (Å²) in [6, 6.07) is 0.730. The fraction of sp³-hybridized carbons (Fsp3) is 0.824. The summed E-state index contributed by atoms with van der Waals surface area (Å²) in [5.41, 5.74) is 3.62. The summed E-state index contributed by atoms with van der Waals surface area (Å²) in [4.78, 5) is 0. The van der Waals surface area contributed by atoms with Crippen molar-refractivity contribution in [3.8, 4) is 0 Å². The largest absolute Gasteiger partial charge is 0.394 e. The number of aliphatic hydroxyl groups is 1. The Morgan fingerprint density at radius 3 is 2.71 bits per heavy atom. The SMILES string of the molecule is Cc1nn(CCO)c(C)c1CNC1CC1C1CCCCC1. The molecule has 4 heteroatoms. The molecular formula is C17H29N3O. The molecule has 0 radical (unpaired) electrons. The van der Waals surface area contributed by atoms with E-state index < -0.39 is 0 Å². The lowest BCUT2D eigenvalue weighted by molar-refractivity contribution is 0.267. The van der Waals surface area contributed by atoms with E-state index >= 15 is 0 Å². The Morgan fingerprint density at radius 2 is 2.00 bits per heavy atom. The van der Waals surface area contributed by atoms with Gasteiger partial charge in [0.1, 0.15) is 0 Å². The molecule has 2 fully saturated rings. The third-order valence-corrected chi connectivity index (χ3v) is 5.48. The van der Waals surface area contributed by atoms with Gasteiger partial charge in [-0.3, -0.25) is 4.68 Å². The number of nitrogens with one attached hydrogen (secondary N) is 1. The highest BCUT2D eigenvalue weighted by atomic mass is 16.3. The molecular weight excluding hydrogens is 262 g/mol. The molecule has 2 aliphatic rings. The van der Waals surface area contributed by atoms with Crippen molar-refractivity contribution in [3.63, 3.8) is 0 Å². The van der Waals surface area contributed by atoms with Crippen molar-refractivity contribution in [2.75, 3.05) is 6.61 Å². The third kappa shape index (κ3) is 3.32. The van der Waals surface area contributed by atoms with E-state index in [0.717, 1.165) is 30.1 Å². The highest BCUT2D eigenvalue weighted by Crippen LogP contribution is 2.44. The molecule has 0 aliphatic heterocycles. The fourth-order valence-electron chi connectivity index (χ4n) is 4.07. The average molecular weight is 291 g/mol. The van der Waals surface area contributed by atoms with Crippen LogP contribution in [-0.4, -0.2) is 27.5 Å². The second-order valence-corrected chi connectivity index (χ2v) is 6.88. The number of hydrogen-bond donors (Lipinski definition) is 2. The summed E-state index contributed by atoms with van der Waals surface area (Å²) in [5, 5.41) is 17.3. The van der Waals surface area contributed by atoms with Crippen LogP contribution in [0.4, 0.5) is 0 Å². The first-order chi connectivity index (χ1) is 10.2. The zero-order chi connectivity index (χ0) is 14.8. The van der Waals surface area contributed by atoms with Gasteiger partial charge in [-0.05, 0) is 32.1 Å². The Balaban J connectivity index is 1.52. The molecule has 1 aromatic rings. The monoisotopic (exact) mass is 291 g/mol. The first kappa shape index (κ1) is 15.0. The molecule has 2 aliphatic carbocycles. The van der Waals surface area contributed by atoms with E-state index in [-0.39, 0.29) is 6.61 Å². The molecule has 3 rings (SSSR count). The molecule has 21 heavy (non-hydrogen) atoms. The van der Waals surface area contributed by atoms with Gasteiger partial charge in [0.25, 0.3) is 0 Å². The van der Waals surface area contributed by atoms with Crippen LogP contribution in [0.3, 0.4) is 0 Å². The van der Waals surface area contributed by atoms with Gasteiger partial charge in [-0.2, -0.15) is 5.10 Å². The van der Waals surface area contributed by atoms with Gasteiger partial charge in [0, 0.05) is 23.8 Å². The summed E-state index contributed by atoms with van der Waals surface area (Å²) in [7, 11) is 0. The van der Waals surface area contributed by atoms with E-state index in [9.17, 15) is 0 Å². The fourth-order valence-corrected chi connectivity index (χ4v) is 4.07. The molecule has 2 N–H and O–H groups in total. The molecule has 2 saturated carbocycles. The Labute approximate surface area is 127 Å². The normalized spacial score (nSPS) is 26.2. The Kier molecular flexibility index (Phi) is 4.65. The number of aliphatic hydroxyl groups excluding tert-OH is 1. The molecule has 0 amide bonds. The minimum atomic E-state index is 0.154. The highest BCUT2D eigenvalue weighted by molar-refractivity contribution is 5.24. The summed E-state index contributed by atoms with van der Waals surface area (Å²) in [5.74, 6) is 1.91. The van der Waals surface area contributed by atoms with E-state index in [4.69, 9.17) is 5.11 Å². The molecule has 0 aromatic carbocycles. The van der Waals surface area contributed by atoms with E-state index in [0.29, 0.717) is 6.54 Å². The number of aryl methyl sites for hydroxylation is 1. The summed E-state index contributed by atoms with van der Waals surface area (Å²) >= 11 is 0. The molecule has 1 heterocycles. The van der Waals surface area contributed by atoms with E-state index in [1.54, 1.807) is 0 Å². The quantitative estimate of drug-likeness (QED) is 0.847. The van der Waals surface area contributed by atoms with Crippen LogP contribution in [0, 0.1) is 25.7 Å². The van der Waals surface area contributed by atoms with E-state index in [2.05, 4.69) is 24.3 Å². The maximum absolute atomic E-state index is 9.07. The standard InChI is InChI=1S/C17H29N3O/c1-12-16(13(2)20(19-12)8-9-21)11-18-17-10-15(17)14-6-4-3-5-7-14/h14-15,17-18,21H,3-11H2,1-2H3. The van der Waals surface area contributed by atoms with E-state index in [1.165, 1.54) is 49.8 Å². The van der Waals surface area contributed by atoms with Crippen molar-refractivity contribution >= 4 is 0 Å². The number of rotatable bonds is 6. The van der Waals surface area contributed by atoms with Crippen molar-refractivity contribution in [1.82, 2.24) is 15.1 Å². The van der Waals surface area contributed by atoms with Crippen LogP contribution in [0.1, 0.15) is 55.5 Å². The lowest BCUT2D eigenvalue weighted by atomic mass is 9.85. The van der Waals surface area contributed by atoms with Crippen LogP contribution < -0.4 is 5.32 Å². The summed E-state index contributed by atoms with van der Waals surface area (Å²) in [6.45, 7) is 5.86. The number of aromatic nitrogens is 2. The predicted octanol–water partition coefficient (Wildman–Crippen LogP) is 2.55. The number of hydrogen-bond acceptors (Lipinski definition) is 3. The summed E-state index contributed by atoms with van der Waals surface area (Å²) < 4.78 is 1.93. The molecule has 1 aromatic heterocycles. The Morgan fingerprint density at radius 1 is 1.24 bits per heavy atom. The zero-order valence-corrected chi connectivity index (χ0v) is 13.4. The average Bonchev–Trinajstić information content (AvgIpc) is 3.22. The Hall–Kier alpha value is -0.870. The minimum absolute atomic E-state index is 0.154. The first-order valence-corrected chi connectivity index (χ1v) is 8.58. The zero-order valence-electron chi connectivity index (χ0n) is 13.4. The van der Waals surface area contributed by atoms with Gasteiger partial charge < -0.3 is 10.4 Å². The van der Waals surface area contributed by atoms with Crippen molar-refractivity contribution in [2.24, 2.45) is 11.8 Å². The maximum atomic E-state index is 9.07. The minimum Gasteiger partial charge on any atom is -0.394 e. The van der Waals surface area contributed by atoms with Crippen molar-refractivity contribution in [2.45, 2.75) is 71.5 Å². The predicted molar refractivity (Wildman–Crippen MR) is 84.1 cm³/mol. The number of nitrogens with zero attached hydrogens (tertiary/aromatic N) is 2. The van der Waals surface area contributed by atoms with Crippen molar-refractivity contribution < 1.29 is 5.11 Å². The van der Waals surface area contributed by atoms with E-state index in [1.807, 2.05) is 4.68 Å². The Bertz CT molecular complexity index is 477. The molecule has 2 unspecified atom stereocenters. The van der Waals surface area contributed by atoms with Crippen molar-refractivity contribution in [1.29, 1.82) is 0 Å². The topological polar surface area (TPSA) is 50.1 Å². The van der Waals surface area contributed by atoms with Crippen LogP contribution in [0.25, 0.3) is 0 Å². The van der Waals surface area contributed by atoms with Crippen molar-refractivity contribution in [3.05, 3.63) is 17.0 Å². The van der Waals surface area contributed by atoms with Gasteiger partial charge in [-0.25, -0.2) is 0 Å². The lowest BCUT2D eigenvalue weighted by Crippen LogP contribution is -2.22. The maximum Gasteiger partial charge on any atom is 0.0644 e. The lowest BCUT2D eigenvalue weighted by Gasteiger charge is -2.21. The first-order valence-electron chi connectivity index (χ1n) is 8.58. The molecule has 2 atom stereocenters. The van der Waals surface area contributed by atoms with Crippen LogP contribution >= 0.6 is 0 Å². The molecule has 118 valence electrons. The van der Waals surface area contributed by atoms with Gasteiger partial charge in [-0.1, -0.05) is 32.1 Å². The second-order valence-electron chi connectivity index (χ2n) is 6.88. The molecule has 0 bridgehead atoms. The van der Waals surface area contributed by atoms with Crippen LogP contribution in [0.5, 0.6) is 0 Å². The molecule has 4 nitrogen and oxygen atoms in total. The second kappa shape index (κ2) is 6.49. The molecule has 0 spiro atoms. The third-order valence-electron chi connectivity index (χ3n) is 5.48. The van der Waals surface area contributed by atoms with Gasteiger partial charge in [0.05, 0.1) is 18.8 Å². The van der Waals surface area contributed by atoms with Crippen LogP contribution in [0.15, 0.2) is 0 Å². The summed E-state index contributed by atoms with van der Waals surface area (Å²) in [6.07, 6.45) is 8.61. The highest BCUT2D eigenvalue weighted by Gasteiger charge is 2.42. The van der Waals surface area contributed by atoms with Gasteiger partial charge in [-0.15, -0.1) is 0 Å². The molecule has 0 saturated heterocycles. The van der Waals surface area contributed by atoms with Gasteiger partial charge in [0.15, 0.2) is 0 Å². The van der Waals surface area contributed by atoms with Crippen LogP contribution in [-0.2, 0) is 13.1 Å². The van der Waals surface area contributed by atoms with Crippen LogP contribution in [0.2, 0.25) is 0 Å². The van der Waals surface area contributed by atoms with Gasteiger partial charge in [0.2, 0.25) is 0 Å². The van der Waals surface area contributed by atoms with Gasteiger partial charge >= 0.3 is 0 Å².